The summed E-state index contributed by atoms with van der Waals surface area (Å²) in [6.07, 6.45) is 3.65. The standard InChI is InChI=1S/C17H17N5O/c1-11-18-9-8-14(19-11)15-7-4-10-22(15)17(23)16-12-5-2-3-6-13(12)20-21-16/h2-3,5-6,8-9,15H,4,7,10H2,1H3,(H,20,21)/t15-/m0/s1. The summed E-state index contributed by atoms with van der Waals surface area (Å²) in [6, 6.07) is 9.59. The lowest BCUT2D eigenvalue weighted by Crippen LogP contribution is -2.31. The summed E-state index contributed by atoms with van der Waals surface area (Å²) < 4.78 is 0. The number of carbonyl (C=O) groups excluding carboxylic acids is 1. The summed E-state index contributed by atoms with van der Waals surface area (Å²) in [4.78, 5) is 23.5. The average Bonchev–Trinajstić information content (AvgIpc) is 3.21. The molecule has 0 spiro atoms. The van der Waals surface area contributed by atoms with Crippen LogP contribution >= 0.6 is 0 Å². The molecule has 1 atom stereocenters. The first kappa shape index (κ1) is 13.9. The number of rotatable bonds is 2. The van der Waals surface area contributed by atoms with Crippen LogP contribution in [0, 0.1) is 6.92 Å². The van der Waals surface area contributed by atoms with Gasteiger partial charge in [-0.25, -0.2) is 9.97 Å². The van der Waals surface area contributed by atoms with Gasteiger partial charge in [0.15, 0.2) is 5.69 Å². The number of fused-ring (bicyclic) bond motifs is 1. The second-order valence-corrected chi connectivity index (χ2v) is 5.80. The van der Waals surface area contributed by atoms with E-state index in [0.717, 1.165) is 41.8 Å². The Morgan fingerprint density at radius 3 is 3.04 bits per heavy atom. The van der Waals surface area contributed by atoms with E-state index in [1.807, 2.05) is 42.2 Å². The van der Waals surface area contributed by atoms with Crippen molar-refractivity contribution in [2.75, 3.05) is 6.54 Å². The Labute approximate surface area is 133 Å². The van der Waals surface area contributed by atoms with Crippen LogP contribution in [0.5, 0.6) is 0 Å². The molecule has 1 saturated heterocycles. The fourth-order valence-electron chi connectivity index (χ4n) is 3.24. The topological polar surface area (TPSA) is 74.8 Å². The fraction of sp³-hybridized carbons (Fsp3) is 0.294. The van der Waals surface area contributed by atoms with Crippen LogP contribution in [0.3, 0.4) is 0 Å². The van der Waals surface area contributed by atoms with Gasteiger partial charge in [0.1, 0.15) is 5.82 Å². The van der Waals surface area contributed by atoms with E-state index >= 15 is 0 Å². The highest BCUT2D eigenvalue weighted by molar-refractivity contribution is 6.04. The van der Waals surface area contributed by atoms with Crippen molar-refractivity contribution in [2.45, 2.75) is 25.8 Å². The monoisotopic (exact) mass is 307 g/mol. The van der Waals surface area contributed by atoms with Crippen LogP contribution in [0.15, 0.2) is 36.5 Å². The third kappa shape index (κ3) is 2.36. The maximum Gasteiger partial charge on any atom is 0.275 e. The Kier molecular flexibility index (Phi) is 3.29. The second-order valence-electron chi connectivity index (χ2n) is 5.80. The first-order valence-electron chi connectivity index (χ1n) is 7.77. The van der Waals surface area contributed by atoms with Crippen LogP contribution in [0.4, 0.5) is 0 Å². The average molecular weight is 307 g/mol. The maximum absolute atomic E-state index is 13.0. The Morgan fingerprint density at radius 2 is 2.17 bits per heavy atom. The number of aryl methyl sites for hydroxylation is 1. The molecule has 6 heteroatoms. The van der Waals surface area contributed by atoms with Crippen molar-refractivity contribution in [3.8, 4) is 0 Å². The Hall–Kier alpha value is -2.76. The van der Waals surface area contributed by atoms with Crippen LogP contribution in [0.2, 0.25) is 0 Å². The van der Waals surface area contributed by atoms with Gasteiger partial charge in [-0.1, -0.05) is 18.2 Å². The van der Waals surface area contributed by atoms with E-state index in [-0.39, 0.29) is 11.9 Å². The van der Waals surface area contributed by atoms with E-state index in [2.05, 4.69) is 20.2 Å². The number of para-hydroxylation sites is 1. The van der Waals surface area contributed by atoms with Gasteiger partial charge in [0, 0.05) is 18.1 Å². The Morgan fingerprint density at radius 1 is 1.30 bits per heavy atom. The number of hydrogen-bond acceptors (Lipinski definition) is 4. The van der Waals surface area contributed by atoms with E-state index in [1.54, 1.807) is 6.20 Å². The van der Waals surface area contributed by atoms with Gasteiger partial charge < -0.3 is 4.90 Å². The molecule has 0 aliphatic carbocycles. The number of aromatic amines is 1. The van der Waals surface area contributed by atoms with Crippen LogP contribution in [0.25, 0.3) is 10.9 Å². The molecule has 1 N–H and O–H groups in total. The lowest BCUT2D eigenvalue weighted by Gasteiger charge is -2.23. The van der Waals surface area contributed by atoms with Gasteiger partial charge in [0.25, 0.3) is 5.91 Å². The largest absolute Gasteiger partial charge is 0.329 e. The SMILES string of the molecule is Cc1nccc([C@@H]2CCCN2C(=O)c2n[nH]c3ccccc23)n1. The lowest BCUT2D eigenvalue weighted by molar-refractivity contribution is 0.0728. The van der Waals surface area contributed by atoms with Gasteiger partial charge >= 0.3 is 0 Å². The quantitative estimate of drug-likeness (QED) is 0.789. The van der Waals surface area contributed by atoms with Crippen molar-refractivity contribution in [3.05, 3.63) is 53.7 Å². The highest BCUT2D eigenvalue weighted by Crippen LogP contribution is 2.32. The van der Waals surface area contributed by atoms with E-state index in [1.165, 1.54) is 0 Å². The zero-order valence-electron chi connectivity index (χ0n) is 12.9. The number of benzene rings is 1. The zero-order valence-corrected chi connectivity index (χ0v) is 12.9. The van der Waals surface area contributed by atoms with Crippen molar-refractivity contribution in [1.29, 1.82) is 0 Å². The molecule has 0 bridgehead atoms. The molecule has 1 fully saturated rings. The van der Waals surface area contributed by atoms with Gasteiger partial charge in [-0.15, -0.1) is 0 Å². The number of aromatic nitrogens is 4. The third-order valence-corrected chi connectivity index (χ3v) is 4.33. The molecule has 0 saturated carbocycles. The van der Waals surface area contributed by atoms with Crippen LogP contribution in [-0.2, 0) is 0 Å². The number of hydrogen-bond donors (Lipinski definition) is 1. The van der Waals surface area contributed by atoms with Gasteiger partial charge in [-0.2, -0.15) is 5.10 Å². The molecule has 1 aliphatic heterocycles. The van der Waals surface area contributed by atoms with E-state index in [9.17, 15) is 4.79 Å². The first-order chi connectivity index (χ1) is 11.2. The Bertz CT molecular complexity index is 872. The predicted octanol–water partition coefficient (Wildman–Crippen LogP) is 2.64. The van der Waals surface area contributed by atoms with Crippen LogP contribution < -0.4 is 0 Å². The Balaban J connectivity index is 1.70. The normalized spacial score (nSPS) is 17.8. The summed E-state index contributed by atoms with van der Waals surface area (Å²) in [5, 5.41) is 8.03. The minimum Gasteiger partial charge on any atom is -0.329 e. The third-order valence-electron chi connectivity index (χ3n) is 4.33. The smallest absolute Gasteiger partial charge is 0.275 e. The molecule has 4 rings (SSSR count). The minimum absolute atomic E-state index is 0.000313. The highest BCUT2D eigenvalue weighted by Gasteiger charge is 2.33. The van der Waals surface area contributed by atoms with Crippen molar-refractivity contribution >= 4 is 16.8 Å². The maximum atomic E-state index is 13.0. The van der Waals surface area contributed by atoms with Crippen molar-refractivity contribution in [2.24, 2.45) is 0 Å². The molecule has 1 aliphatic rings. The number of carbonyl (C=O) groups is 1. The molecule has 6 nitrogen and oxygen atoms in total. The summed E-state index contributed by atoms with van der Waals surface area (Å²) in [6.45, 7) is 2.60. The predicted molar refractivity (Wildman–Crippen MR) is 85.9 cm³/mol. The van der Waals surface area contributed by atoms with Gasteiger partial charge in [0.2, 0.25) is 0 Å². The zero-order chi connectivity index (χ0) is 15.8. The summed E-state index contributed by atoms with van der Waals surface area (Å²) in [7, 11) is 0. The molecule has 1 aromatic carbocycles. The number of likely N-dealkylation sites (tertiary alicyclic amines) is 1. The van der Waals surface area contributed by atoms with E-state index < -0.39 is 0 Å². The summed E-state index contributed by atoms with van der Waals surface area (Å²) in [5.74, 6) is 0.688. The molecule has 3 heterocycles. The van der Waals surface area contributed by atoms with Crippen molar-refractivity contribution < 1.29 is 4.79 Å². The van der Waals surface area contributed by atoms with Gasteiger partial charge in [-0.3, -0.25) is 9.89 Å². The van der Waals surface area contributed by atoms with Gasteiger partial charge in [-0.05, 0) is 31.9 Å². The summed E-state index contributed by atoms with van der Waals surface area (Å²) in [5.41, 5.74) is 2.27. The number of H-pyrrole nitrogens is 1. The molecule has 3 aromatic rings. The second kappa shape index (κ2) is 5.46. The molecular weight excluding hydrogens is 290 g/mol. The van der Waals surface area contributed by atoms with E-state index in [0.29, 0.717) is 5.69 Å². The molecule has 1 amide bonds. The molecule has 23 heavy (non-hydrogen) atoms. The minimum atomic E-state index is -0.0405. The molecular formula is C17H17N5O. The molecule has 0 unspecified atom stereocenters. The van der Waals surface area contributed by atoms with Gasteiger partial charge in [0.05, 0.1) is 17.3 Å². The number of amides is 1. The number of nitrogens with zero attached hydrogens (tertiary/aromatic N) is 4. The number of nitrogens with one attached hydrogen (secondary N) is 1. The van der Waals surface area contributed by atoms with Crippen LogP contribution in [0.1, 0.15) is 40.9 Å². The molecule has 2 aromatic heterocycles. The lowest BCUT2D eigenvalue weighted by atomic mass is 10.1. The van der Waals surface area contributed by atoms with Crippen molar-refractivity contribution in [3.63, 3.8) is 0 Å². The van der Waals surface area contributed by atoms with Crippen LogP contribution in [-0.4, -0.2) is 37.5 Å². The van der Waals surface area contributed by atoms with E-state index in [4.69, 9.17) is 0 Å². The molecule has 116 valence electrons. The first-order valence-corrected chi connectivity index (χ1v) is 7.77. The summed E-state index contributed by atoms with van der Waals surface area (Å²) >= 11 is 0. The molecule has 0 radical (unpaired) electrons. The van der Waals surface area contributed by atoms with Crippen molar-refractivity contribution in [1.82, 2.24) is 25.1 Å². The highest BCUT2D eigenvalue weighted by atomic mass is 16.2. The fourth-order valence-corrected chi connectivity index (χ4v) is 3.24.